The number of urea groups is 1. The van der Waals surface area contributed by atoms with Crippen molar-refractivity contribution in [3.63, 3.8) is 0 Å². The molecule has 26 heavy (non-hydrogen) atoms. The molecule has 3 amide bonds. The molecule has 2 aromatic heterocycles. The number of hydrogen-bond donors (Lipinski definition) is 2. The molecule has 0 unspecified atom stereocenters. The number of carbonyl (C=O) groups is 2. The quantitative estimate of drug-likeness (QED) is 0.755. The van der Waals surface area contributed by atoms with E-state index in [0.717, 1.165) is 6.07 Å². The molecule has 0 saturated heterocycles. The number of ether oxygens (including phenoxy) is 1. The number of imide groups is 1. The highest BCUT2D eigenvalue weighted by Gasteiger charge is 2.20. The summed E-state index contributed by atoms with van der Waals surface area (Å²) >= 11 is 11.3. The van der Waals surface area contributed by atoms with Crippen LogP contribution in [0.15, 0.2) is 18.3 Å². The summed E-state index contributed by atoms with van der Waals surface area (Å²) in [5.41, 5.74) is 0.567. The van der Waals surface area contributed by atoms with Crippen LogP contribution in [0.3, 0.4) is 0 Å². The molecule has 0 radical (unpaired) electrons. The molecule has 0 saturated carbocycles. The van der Waals surface area contributed by atoms with Gasteiger partial charge in [0.2, 0.25) is 0 Å². The van der Waals surface area contributed by atoms with Crippen LogP contribution in [-0.2, 0) is 0 Å². The molecule has 0 fully saturated rings. The minimum Gasteiger partial charge on any atom is -0.494 e. The summed E-state index contributed by atoms with van der Waals surface area (Å²) in [6.07, 6.45) is 1.55. The molecule has 0 aliphatic rings. The lowest BCUT2D eigenvalue weighted by molar-refractivity contribution is 0.0966. The van der Waals surface area contributed by atoms with Gasteiger partial charge in [0.25, 0.3) is 5.91 Å². The van der Waals surface area contributed by atoms with Crippen molar-refractivity contribution in [2.45, 2.75) is 19.8 Å². The van der Waals surface area contributed by atoms with Gasteiger partial charge in [-0.3, -0.25) is 15.1 Å². The van der Waals surface area contributed by atoms with E-state index < -0.39 is 22.9 Å². The van der Waals surface area contributed by atoms with Crippen LogP contribution >= 0.6 is 23.2 Å². The third kappa shape index (κ3) is 4.39. The molecule has 0 atom stereocenters. The molecule has 0 aliphatic carbocycles. The molecular formula is C16H15Cl2FN4O3. The number of amides is 3. The van der Waals surface area contributed by atoms with E-state index >= 15 is 0 Å². The van der Waals surface area contributed by atoms with Crippen molar-refractivity contribution in [2.24, 2.45) is 0 Å². The van der Waals surface area contributed by atoms with Gasteiger partial charge in [0, 0.05) is 12.3 Å². The maximum Gasteiger partial charge on any atom is 0.326 e. The minimum atomic E-state index is -0.940. The first-order chi connectivity index (χ1) is 12.2. The van der Waals surface area contributed by atoms with Gasteiger partial charge in [-0.05, 0) is 12.0 Å². The van der Waals surface area contributed by atoms with Gasteiger partial charge in [0.15, 0.2) is 11.0 Å². The summed E-state index contributed by atoms with van der Waals surface area (Å²) in [5, 5.41) is 3.75. The Morgan fingerprint density at radius 2 is 1.96 bits per heavy atom. The largest absolute Gasteiger partial charge is 0.494 e. The fourth-order valence-corrected chi connectivity index (χ4v) is 2.52. The lowest BCUT2D eigenvalue weighted by Crippen LogP contribution is -2.35. The molecular weight excluding hydrogens is 386 g/mol. The Labute approximate surface area is 158 Å². The van der Waals surface area contributed by atoms with Crippen molar-refractivity contribution in [3.8, 4) is 5.75 Å². The molecule has 2 rings (SSSR count). The lowest BCUT2D eigenvalue weighted by atomic mass is 10.1. The van der Waals surface area contributed by atoms with Crippen LogP contribution in [0.1, 0.15) is 35.8 Å². The number of nitrogens with one attached hydrogen (secondary N) is 2. The SMILES string of the molecule is COc1ccnc(C(C)C)c1NC(=O)NC(=O)c1cc(F)c(Cl)nc1Cl. The van der Waals surface area contributed by atoms with Crippen LogP contribution in [0.4, 0.5) is 14.9 Å². The van der Waals surface area contributed by atoms with Crippen LogP contribution in [-0.4, -0.2) is 29.0 Å². The molecule has 7 nitrogen and oxygen atoms in total. The van der Waals surface area contributed by atoms with Gasteiger partial charge in [0.1, 0.15) is 16.6 Å². The summed E-state index contributed by atoms with van der Waals surface area (Å²) in [6, 6.07) is 1.50. The maximum absolute atomic E-state index is 13.5. The van der Waals surface area contributed by atoms with Crippen molar-refractivity contribution >= 4 is 40.8 Å². The molecule has 0 bridgehead atoms. The molecule has 10 heteroatoms. The van der Waals surface area contributed by atoms with E-state index in [9.17, 15) is 14.0 Å². The average Bonchev–Trinajstić information content (AvgIpc) is 2.57. The van der Waals surface area contributed by atoms with Crippen molar-refractivity contribution in [2.75, 3.05) is 12.4 Å². The van der Waals surface area contributed by atoms with E-state index in [4.69, 9.17) is 27.9 Å². The number of hydrogen-bond acceptors (Lipinski definition) is 5. The maximum atomic E-state index is 13.5. The number of pyridine rings is 2. The standard InChI is InChI=1S/C16H15Cl2FN4O3/c1-7(2)11-12(10(26-3)4-5-20-11)21-16(25)23-15(24)8-6-9(19)14(18)22-13(8)17/h4-7H,1-3H3,(H2,21,23,24,25). The zero-order valence-electron chi connectivity index (χ0n) is 14.1. The first-order valence-corrected chi connectivity index (χ1v) is 8.17. The Morgan fingerprint density at radius 1 is 1.27 bits per heavy atom. The van der Waals surface area contributed by atoms with Gasteiger partial charge in [-0.2, -0.15) is 0 Å². The Hall–Kier alpha value is -2.45. The van der Waals surface area contributed by atoms with E-state index in [1.54, 1.807) is 12.3 Å². The van der Waals surface area contributed by atoms with Crippen LogP contribution in [0, 0.1) is 5.82 Å². The number of halogens is 3. The molecule has 2 aromatic rings. The first kappa shape index (κ1) is 19.9. The summed E-state index contributed by atoms with van der Waals surface area (Å²) in [4.78, 5) is 32.0. The van der Waals surface area contributed by atoms with E-state index in [1.165, 1.54) is 7.11 Å². The predicted octanol–water partition coefficient (Wildman–Crippen LogP) is 4.02. The van der Waals surface area contributed by atoms with Crippen LogP contribution < -0.4 is 15.4 Å². The van der Waals surface area contributed by atoms with Gasteiger partial charge >= 0.3 is 6.03 Å². The normalized spacial score (nSPS) is 10.6. The lowest BCUT2D eigenvalue weighted by Gasteiger charge is -2.16. The Kier molecular flexibility index (Phi) is 6.33. The Bertz CT molecular complexity index is 862. The molecule has 0 aliphatic heterocycles. The van der Waals surface area contributed by atoms with E-state index in [0.29, 0.717) is 17.1 Å². The number of aromatic nitrogens is 2. The summed E-state index contributed by atoms with van der Waals surface area (Å²) in [6.45, 7) is 3.77. The monoisotopic (exact) mass is 400 g/mol. The van der Waals surface area contributed by atoms with Crippen LogP contribution in [0.25, 0.3) is 0 Å². The number of rotatable bonds is 4. The van der Waals surface area contributed by atoms with Gasteiger partial charge in [-0.25, -0.2) is 14.2 Å². The number of anilines is 1. The molecule has 0 spiro atoms. The topological polar surface area (TPSA) is 93.2 Å². The number of nitrogens with zero attached hydrogens (tertiary/aromatic N) is 2. The van der Waals surface area contributed by atoms with Crippen molar-refractivity contribution < 1.29 is 18.7 Å². The van der Waals surface area contributed by atoms with Crippen LogP contribution in [0.5, 0.6) is 5.75 Å². The highest BCUT2D eigenvalue weighted by Crippen LogP contribution is 2.31. The fourth-order valence-electron chi connectivity index (χ4n) is 2.11. The summed E-state index contributed by atoms with van der Waals surface area (Å²) in [7, 11) is 1.44. The molecule has 2 heterocycles. The Balaban J connectivity index is 2.22. The second-order valence-corrected chi connectivity index (χ2v) is 6.15. The van der Waals surface area contributed by atoms with E-state index in [-0.39, 0.29) is 16.6 Å². The highest BCUT2D eigenvalue weighted by atomic mass is 35.5. The van der Waals surface area contributed by atoms with Crippen LogP contribution in [0.2, 0.25) is 10.3 Å². The third-order valence-electron chi connectivity index (χ3n) is 3.31. The van der Waals surface area contributed by atoms with Crippen molar-refractivity contribution in [3.05, 3.63) is 45.7 Å². The second kappa shape index (κ2) is 8.29. The first-order valence-electron chi connectivity index (χ1n) is 7.41. The van der Waals surface area contributed by atoms with Gasteiger partial charge in [0.05, 0.1) is 18.4 Å². The minimum absolute atomic E-state index is 0.0138. The average molecular weight is 401 g/mol. The van der Waals surface area contributed by atoms with E-state index in [2.05, 4.69) is 15.3 Å². The fraction of sp³-hybridized carbons (Fsp3) is 0.250. The second-order valence-electron chi connectivity index (χ2n) is 5.44. The van der Waals surface area contributed by atoms with Gasteiger partial charge in [-0.15, -0.1) is 0 Å². The molecule has 2 N–H and O–H groups in total. The third-order valence-corrected chi connectivity index (χ3v) is 3.86. The number of carbonyl (C=O) groups excluding carboxylic acids is 2. The van der Waals surface area contributed by atoms with E-state index in [1.807, 2.05) is 19.2 Å². The van der Waals surface area contributed by atoms with Gasteiger partial charge < -0.3 is 10.1 Å². The zero-order chi connectivity index (χ0) is 19.4. The van der Waals surface area contributed by atoms with Crippen molar-refractivity contribution in [1.82, 2.24) is 15.3 Å². The van der Waals surface area contributed by atoms with Gasteiger partial charge in [-0.1, -0.05) is 37.0 Å². The highest BCUT2D eigenvalue weighted by molar-refractivity contribution is 6.35. The molecule has 138 valence electrons. The smallest absolute Gasteiger partial charge is 0.326 e. The number of methoxy groups -OCH3 is 1. The predicted molar refractivity (Wildman–Crippen MR) is 95.6 cm³/mol. The summed E-state index contributed by atoms with van der Waals surface area (Å²) < 4.78 is 18.7. The zero-order valence-corrected chi connectivity index (χ0v) is 15.6. The van der Waals surface area contributed by atoms with Crippen molar-refractivity contribution in [1.29, 1.82) is 0 Å². The Morgan fingerprint density at radius 3 is 2.58 bits per heavy atom. The summed E-state index contributed by atoms with van der Waals surface area (Å²) in [5.74, 6) is -1.51. The molecule has 0 aromatic carbocycles.